The van der Waals surface area contributed by atoms with Gasteiger partial charge in [-0.05, 0) is 49.8 Å². The lowest BCUT2D eigenvalue weighted by Crippen LogP contribution is -2.48. The third kappa shape index (κ3) is 6.04. The number of hydrogen-bond acceptors (Lipinski definition) is 5. The van der Waals surface area contributed by atoms with Crippen molar-refractivity contribution >= 4 is 33.4 Å². The molecule has 0 radical (unpaired) electrons. The van der Waals surface area contributed by atoms with E-state index in [9.17, 15) is 22.8 Å². The molecule has 10 heteroatoms. The molecule has 0 bridgehead atoms. The fraction of sp³-hybridized carbons (Fsp3) is 0.571. The molecule has 3 amide bonds. The van der Waals surface area contributed by atoms with Gasteiger partial charge in [0.15, 0.2) is 0 Å². The lowest BCUT2D eigenvalue weighted by molar-refractivity contribution is -0.140. The summed E-state index contributed by atoms with van der Waals surface area (Å²) in [5.41, 5.74) is 0.306. The molecule has 1 aromatic carbocycles. The highest BCUT2D eigenvalue weighted by Gasteiger charge is 2.28. The van der Waals surface area contributed by atoms with Crippen LogP contribution in [0.2, 0.25) is 0 Å². The van der Waals surface area contributed by atoms with Gasteiger partial charge in [0.1, 0.15) is 0 Å². The van der Waals surface area contributed by atoms with E-state index in [-0.39, 0.29) is 10.9 Å². The van der Waals surface area contributed by atoms with E-state index in [1.54, 1.807) is 12.1 Å². The van der Waals surface area contributed by atoms with Crippen LogP contribution in [0.1, 0.15) is 45.4 Å². The van der Waals surface area contributed by atoms with Crippen molar-refractivity contribution < 1.29 is 22.8 Å². The van der Waals surface area contributed by atoms with Crippen LogP contribution in [-0.2, 0) is 24.4 Å². The second-order valence-electron chi connectivity index (χ2n) is 8.21. The number of sulfonamides is 1. The zero-order chi connectivity index (χ0) is 22.4. The van der Waals surface area contributed by atoms with Crippen molar-refractivity contribution in [2.24, 2.45) is 5.92 Å². The largest absolute Gasteiger partial charge is 0.345 e. The van der Waals surface area contributed by atoms with E-state index in [1.807, 2.05) is 6.92 Å². The average molecular weight is 451 g/mol. The summed E-state index contributed by atoms with van der Waals surface area (Å²) in [4.78, 5) is 36.4. The maximum Gasteiger partial charge on any atom is 0.309 e. The summed E-state index contributed by atoms with van der Waals surface area (Å²) in [5.74, 6) is -1.84. The van der Waals surface area contributed by atoms with Crippen LogP contribution in [0.4, 0.5) is 5.69 Å². The molecule has 9 nitrogen and oxygen atoms in total. The van der Waals surface area contributed by atoms with Gasteiger partial charge in [-0.1, -0.05) is 25.8 Å². The molecule has 2 fully saturated rings. The number of hydrogen-bond donors (Lipinski definition) is 3. The van der Waals surface area contributed by atoms with Crippen molar-refractivity contribution in [3.8, 4) is 0 Å². The van der Waals surface area contributed by atoms with E-state index in [0.717, 1.165) is 38.5 Å². The summed E-state index contributed by atoms with van der Waals surface area (Å²) in [6.07, 6.45) is 5.68. The van der Waals surface area contributed by atoms with Crippen molar-refractivity contribution in [2.75, 3.05) is 25.0 Å². The Morgan fingerprint density at radius 3 is 2.45 bits per heavy atom. The molecule has 1 saturated carbocycles. The SMILES string of the molecule is C[C@H]1CCCC[C@@H]1NC(=O)C(=O)NCC(=O)Nc1cccc(S(=O)(=O)N2CCCC2)c1. The number of rotatable bonds is 6. The van der Waals surface area contributed by atoms with Crippen molar-refractivity contribution in [3.63, 3.8) is 0 Å². The summed E-state index contributed by atoms with van der Waals surface area (Å²) >= 11 is 0. The second-order valence-corrected chi connectivity index (χ2v) is 10.1. The van der Waals surface area contributed by atoms with Gasteiger partial charge in [0, 0.05) is 24.8 Å². The van der Waals surface area contributed by atoms with E-state index >= 15 is 0 Å². The summed E-state index contributed by atoms with van der Waals surface area (Å²) in [6, 6.07) is 5.98. The Hall–Kier alpha value is -2.46. The van der Waals surface area contributed by atoms with Crippen molar-refractivity contribution in [2.45, 2.75) is 56.4 Å². The predicted molar refractivity (Wildman–Crippen MR) is 116 cm³/mol. The fourth-order valence-corrected chi connectivity index (χ4v) is 5.59. The van der Waals surface area contributed by atoms with Crippen LogP contribution < -0.4 is 16.0 Å². The third-order valence-electron chi connectivity index (χ3n) is 5.86. The zero-order valence-electron chi connectivity index (χ0n) is 17.7. The lowest BCUT2D eigenvalue weighted by atomic mass is 9.86. The number of anilines is 1. The zero-order valence-corrected chi connectivity index (χ0v) is 18.5. The molecule has 2 aliphatic rings. The molecule has 3 rings (SSSR count). The first-order valence-corrected chi connectivity index (χ1v) is 12.2. The fourth-order valence-electron chi connectivity index (χ4n) is 4.02. The van der Waals surface area contributed by atoms with Crippen LogP contribution in [-0.4, -0.2) is 56.1 Å². The van der Waals surface area contributed by atoms with Gasteiger partial charge in [0.05, 0.1) is 11.4 Å². The molecule has 3 N–H and O–H groups in total. The molecule has 0 unspecified atom stereocenters. The normalized spacial score (nSPS) is 22.0. The van der Waals surface area contributed by atoms with Gasteiger partial charge in [-0.25, -0.2) is 8.42 Å². The molecule has 0 aromatic heterocycles. The molecule has 1 heterocycles. The number of amides is 3. The van der Waals surface area contributed by atoms with Crippen molar-refractivity contribution in [1.82, 2.24) is 14.9 Å². The van der Waals surface area contributed by atoms with Crippen molar-refractivity contribution in [3.05, 3.63) is 24.3 Å². The highest BCUT2D eigenvalue weighted by Crippen LogP contribution is 2.24. The van der Waals surface area contributed by atoms with Crippen LogP contribution in [0.15, 0.2) is 29.2 Å². The molecule has 170 valence electrons. The summed E-state index contributed by atoms with van der Waals surface area (Å²) in [6.45, 7) is 2.64. The minimum atomic E-state index is -3.59. The molecule has 1 saturated heterocycles. The van der Waals surface area contributed by atoms with E-state index in [2.05, 4.69) is 16.0 Å². The van der Waals surface area contributed by atoms with Crippen LogP contribution >= 0.6 is 0 Å². The Morgan fingerprint density at radius 1 is 1.03 bits per heavy atom. The van der Waals surface area contributed by atoms with E-state index in [0.29, 0.717) is 24.7 Å². The van der Waals surface area contributed by atoms with Crippen LogP contribution in [0.25, 0.3) is 0 Å². The quantitative estimate of drug-likeness (QED) is 0.562. The predicted octanol–water partition coefficient (Wildman–Crippen LogP) is 1.22. The van der Waals surface area contributed by atoms with Crippen molar-refractivity contribution in [1.29, 1.82) is 0 Å². The van der Waals surface area contributed by atoms with Gasteiger partial charge in [-0.2, -0.15) is 4.31 Å². The Bertz CT molecular complexity index is 927. The molecule has 31 heavy (non-hydrogen) atoms. The first-order chi connectivity index (χ1) is 14.8. The molecule has 1 aromatic rings. The van der Waals surface area contributed by atoms with Gasteiger partial charge < -0.3 is 16.0 Å². The van der Waals surface area contributed by atoms with Gasteiger partial charge in [0.2, 0.25) is 15.9 Å². The topological polar surface area (TPSA) is 125 Å². The maximum atomic E-state index is 12.7. The lowest BCUT2D eigenvalue weighted by Gasteiger charge is -2.29. The third-order valence-corrected chi connectivity index (χ3v) is 7.76. The maximum absolute atomic E-state index is 12.7. The minimum absolute atomic E-state index is 0.0267. The van der Waals surface area contributed by atoms with Crippen LogP contribution in [0.5, 0.6) is 0 Å². The first kappa shape index (κ1) is 23.2. The van der Waals surface area contributed by atoms with Gasteiger partial charge in [0.25, 0.3) is 0 Å². The van der Waals surface area contributed by atoms with Crippen LogP contribution in [0.3, 0.4) is 0 Å². The summed E-state index contributed by atoms with van der Waals surface area (Å²) < 4.78 is 26.8. The van der Waals surface area contributed by atoms with Gasteiger partial charge in [-0.15, -0.1) is 0 Å². The second kappa shape index (κ2) is 10.2. The minimum Gasteiger partial charge on any atom is -0.345 e. The molecular weight excluding hydrogens is 420 g/mol. The van der Waals surface area contributed by atoms with Crippen LogP contribution in [0, 0.1) is 5.92 Å². The number of nitrogens with zero attached hydrogens (tertiary/aromatic N) is 1. The first-order valence-electron chi connectivity index (χ1n) is 10.8. The molecule has 1 aliphatic heterocycles. The van der Waals surface area contributed by atoms with E-state index in [1.165, 1.54) is 16.4 Å². The molecule has 1 aliphatic carbocycles. The van der Waals surface area contributed by atoms with E-state index < -0.39 is 34.3 Å². The molecular formula is C21H30N4O5S. The molecule has 2 atom stereocenters. The monoisotopic (exact) mass is 450 g/mol. The Labute approximate surface area is 183 Å². The summed E-state index contributed by atoms with van der Waals surface area (Å²) in [7, 11) is -3.59. The van der Waals surface area contributed by atoms with Gasteiger partial charge in [-0.3, -0.25) is 14.4 Å². The highest BCUT2D eigenvalue weighted by atomic mass is 32.2. The Balaban J connectivity index is 1.50. The average Bonchev–Trinajstić information content (AvgIpc) is 3.29. The number of benzene rings is 1. The Kier molecular flexibility index (Phi) is 7.66. The Morgan fingerprint density at radius 2 is 1.74 bits per heavy atom. The standard InChI is InChI=1S/C21H30N4O5S/c1-15-7-2-3-10-18(15)24-21(28)20(27)22-14-19(26)23-16-8-6-9-17(13-16)31(29,30)25-11-4-5-12-25/h6,8-9,13,15,18H,2-5,7,10-12,14H2,1H3,(H,22,27)(H,23,26)(H,24,28)/t15-,18-/m0/s1. The van der Waals surface area contributed by atoms with E-state index in [4.69, 9.17) is 0 Å². The highest BCUT2D eigenvalue weighted by molar-refractivity contribution is 7.89. The number of nitrogens with one attached hydrogen (secondary N) is 3. The number of carbonyl (C=O) groups is 3. The summed E-state index contributed by atoms with van der Waals surface area (Å²) in [5, 5.41) is 7.60. The van der Waals surface area contributed by atoms with Gasteiger partial charge >= 0.3 is 11.8 Å². The number of carbonyl (C=O) groups excluding carboxylic acids is 3. The molecule has 0 spiro atoms. The smallest absolute Gasteiger partial charge is 0.309 e.